The maximum absolute atomic E-state index is 12.6. The Labute approximate surface area is 125 Å². The number of hydrogen-bond acceptors (Lipinski definition) is 3. The zero-order valence-corrected chi connectivity index (χ0v) is 12.4. The van der Waals surface area contributed by atoms with Gasteiger partial charge < -0.3 is 9.47 Å². The fraction of sp³-hybridized carbons (Fsp3) is 0.462. The molecule has 2 N–H and O–H groups in total. The highest BCUT2D eigenvalue weighted by Crippen LogP contribution is 2.25. The van der Waals surface area contributed by atoms with Crippen molar-refractivity contribution in [3.8, 4) is 0 Å². The van der Waals surface area contributed by atoms with Crippen LogP contribution in [0.4, 0.5) is 0 Å². The second-order valence-corrected chi connectivity index (χ2v) is 5.74. The molecule has 8 heteroatoms. The molecule has 0 aromatic carbocycles. The molecular weight excluding hydrogens is 294 g/mol. The molecule has 1 saturated heterocycles. The predicted molar refractivity (Wildman–Crippen MR) is 77.5 cm³/mol. The van der Waals surface area contributed by atoms with Gasteiger partial charge in [0, 0.05) is 32.3 Å². The van der Waals surface area contributed by atoms with Crippen LogP contribution < -0.4 is 5.69 Å². The molecule has 21 heavy (non-hydrogen) atoms. The zero-order valence-electron chi connectivity index (χ0n) is 11.6. The quantitative estimate of drug-likeness (QED) is 0.871. The van der Waals surface area contributed by atoms with E-state index in [1.54, 1.807) is 28.8 Å². The van der Waals surface area contributed by atoms with Crippen LogP contribution in [0.3, 0.4) is 0 Å². The van der Waals surface area contributed by atoms with E-state index in [0.717, 1.165) is 12.8 Å². The Morgan fingerprint density at radius 3 is 2.95 bits per heavy atom. The number of carbonyl (C=O) groups excluding carboxylic acids is 1. The molecule has 7 nitrogen and oxygen atoms in total. The monoisotopic (exact) mass is 309 g/mol. The van der Waals surface area contributed by atoms with Crippen LogP contribution in [0.25, 0.3) is 0 Å². The number of piperidine rings is 1. The minimum absolute atomic E-state index is 0.0491. The second-order valence-electron chi connectivity index (χ2n) is 5.31. The number of aryl methyl sites for hydroxylation is 1. The van der Waals surface area contributed by atoms with E-state index in [1.807, 2.05) is 0 Å². The lowest BCUT2D eigenvalue weighted by molar-refractivity contribution is 0.0695. The first-order chi connectivity index (χ1) is 10.0. The van der Waals surface area contributed by atoms with E-state index in [0.29, 0.717) is 29.6 Å². The number of hydrogen-bond donors (Lipinski definition) is 2. The largest absolute Gasteiger partial charge is 0.345 e. The highest BCUT2D eigenvalue weighted by atomic mass is 35.5. The summed E-state index contributed by atoms with van der Waals surface area (Å²) >= 11 is 5.93. The van der Waals surface area contributed by atoms with Gasteiger partial charge in [0.05, 0.1) is 5.02 Å². The molecular formula is C13H16ClN5O2. The predicted octanol–water partition coefficient (Wildman–Crippen LogP) is 1.11. The van der Waals surface area contributed by atoms with Gasteiger partial charge in [-0.1, -0.05) is 11.6 Å². The summed E-state index contributed by atoms with van der Waals surface area (Å²) in [6, 6.07) is 1.67. The molecule has 1 aliphatic rings. The normalized spacial score (nSPS) is 19.0. The van der Waals surface area contributed by atoms with Gasteiger partial charge in [0.2, 0.25) is 0 Å². The van der Waals surface area contributed by atoms with Crippen LogP contribution in [0, 0.1) is 0 Å². The molecule has 3 rings (SSSR count). The number of likely N-dealkylation sites (tertiary alicyclic amines) is 1. The first kappa shape index (κ1) is 13.9. The van der Waals surface area contributed by atoms with Gasteiger partial charge in [-0.05, 0) is 18.9 Å². The SMILES string of the molecule is Cn1cc(Cl)cc1C(=O)N1CCCC(c2n[nH]c(=O)[nH]2)C1. The highest BCUT2D eigenvalue weighted by Gasteiger charge is 2.28. The van der Waals surface area contributed by atoms with E-state index >= 15 is 0 Å². The smallest absolute Gasteiger partial charge is 0.340 e. The van der Waals surface area contributed by atoms with Crippen molar-refractivity contribution in [1.29, 1.82) is 0 Å². The van der Waals surface area contributed by atoms with Gasteiger partial charge in [0.15, 0.2) is 0 Å². The highest BCUT2D eigenvalue weighted by molar-refractivity contribution is 6.31. The Morgan fingerprint density at radius 2 is 2.33 bits per heavy atom. The number of nitrogens with one attached hydrogen (secondary N) is 2. The number of aromatic nitrogens is 4. The molecule has 1 fully saturated rings. The van der Waals surface area contributed by atoms with E-state index in [1.165, 1.54) is 0 Å². The number of aromatic amines is 2. The van der Waals surface area contributed by atoms with E-state index in [4.69, 9.17) is 11.6 Å². The van der Waals surface area contributed by atoms with Gasteiger partial charge in [0.25, 0.3) is 5.91 Å². The van der Waals surface area contributed by atoms with Crippen LogP contribution in [0.5, 0.6) is 0 Å². The average Bonchev–Trinajstić information content (AvgIpc) is 3.04. The minimum atomic E-state index is -0.317. The summed E-state index contributed by atoms with van der Waals surface area (Å²) in [6.45, 7) is 1.25. The lowest BCUT2D eigenvalue weighted by Gasteiger charge is -2.31. The third-order valence-corrected chi connectivity index (χ3v) is 4.01. The van der Waals surface area contributed by atoms with Gasteiger partial charge in [-0.3, -0.25) is 9.78 Å². The number of rotatable bonds is 2. The standard InChI is InChI=1S/C13H16ClN5O2/c1-18-7-9(14)5-10(18)12(20)19-4-2-3-8(6-19)11-15-13(21)17-16-11/h5,7-8H,2-4,6H2,1H3,(H2,15,16,17,21). The molecule has 0 spiro atoms. The van der Waals surface area contributed by atoms with Crippen LogP contribution in [0.1, 0.15) is 35.1 Å². The van der Waals surface area contributed by atoms with E-state index < -0.39 is 0 Å². The maximum Gasteiger partial charge on any atom is 0.340 e. The number of H-pyrrole nitrogens is 2. The Kier molecular flexibility index (Phi) is 3.59. The molecule has 0 aliphatic carbocycles. The number of halogens is 1. The summed E-state index contributed by atoms with van der Waals surface area (Å²) in [6.07, 6.45) is 3.49. The number of amides is 1. The maximum atomic E-state index is 12.6. The molecule has 1 amide bonds. The van der Waals surface area contributed by atoms with Gasteiger partial charge in [-0.2, -0.15) is 5.10 Å². The third kappa shape index (κ3) is 2.73. The summed E-state index contributed by atoms with van der Waals surface area (Å²) in [5, 5.41) is 6.89. The summed E-state index contributed by atoms with van der Waals surface area (Å²) in [5.41, 5.74) is 0.249. The molecule has 1 atom stereocenters. The Hall–Kier alpha value is -2.02. The van der Waals surface area contributed by atoms with Crippen LogP contribution in [-0.4, -0.2) is 43.6 Å². The topological polar surface area (TPSA) is 86.8 Å². The van der Waals surface area contributed by atoms with Crippen molar-refractivity contribution < 1.29 is 4.79 Å². The van der Waals surface area contributed by atoms with Crippen LogP contribution in [-0.2, 0) is 7.05 Å². The number of nitrogens with zero attached hydrogens (tertiary/aromatic N) is 3. The molecule has 2 aromatic heterocycles. The van der Waals surface area contributed by atoms with E-state index in [9.17, 15) is 9.59 Å². The van der Waals surface area contributed by atoms with E-state index in [2.05, 4.69) is 15.2 Å². The molecule has 112 valence electrons. The molecule has 3 heterocycles. The molecule has 1 unspecified atom stereocenters. The van der Waals surface area contributed by atoms with Crippen molar-refractivity contribution in [2.75, 3.05) is 13.1 Å². The lowest BCUT2D eigenvalue weighted by atomic mass is 9.97. The fourth-order valence-corrected chi connectivity index (χ4v) is 3.01. The molecule has 0 bridgehead atoms. The molecule has 0 saturated carbocycles. The Bertz CT molecular complexity index is 716. The van der Waals surface area contributed by atoms with Crippen molar-refractivity contribution in [3.05, 3.63) is 39.3 Å². The lowest BCUT2D eigenvalue weighted by Crippen LogP contribution is -2.40. The summed E-state index contributed by atoms with van der Waals surface area (Å²) in [7, 11) is 1.80. The first-order valence-electron chi connectivity index (χ1n) is 6.80. The van der Waals surface area contributed by atoms with E-state index in [-0.39, 0.29) is 17.5 Å². The summed E-state index contributed by atoms with van der Waals surface area (Å²) in [4.78, 5) is 28.2. The van der Waals surface area contributed by atoms with Crippen molar-refractivity contribution in [2.24, 2.45) is 7.05 Å². The average molecular weight is 310 g/mol. The van der Waals surface area contributed by atoms with Crippen LogP contribution in [0.15, 0.2) is 17.1 Å². The summed E-state index contributed by atoms with van der Waals surface area (Å²) < 4.78 is 1.73. The molecule has 1 aliphatic heterocycles. The molecule has 2 aromatic rings. The van der Waals surface area contributed by atoms with Gasteiger partial charge >= 0.3 is 5.69 Å². The Morgan fingerprint density at radius 1 is 1.52 bits per heavy atom. The second kappa shape index (κ2) is 5.40. The van der Waals surface area contributed by atoms with Gasteiger partial charge in [-0.15, -0.1) is 0 Å². The summed E-state index contributed by atoms with van der Waals surface area (Å²) in [5.74, 6) is 0.617. The van der Waals surface area contributed by atoms with Crippen LogP contribution >= 0.6 is 11.6 Å². The van der Waals surface area contributed by atoms with Gasteiger partial charge in [-0.25, -0.2) is 9.89 Å². The van der Waals surface area contributed by atoms with Crippen molar-refractivity contribution in [3.63, 3.8) is 0 Å². The van der Waals surface area contributed by atoms with Gasteiger partial charge in [0.1, 0.15) is 11.5 Å². The van der Waals surface area contributed by atoms with Crippen molar-refractivity contribution in [1.82, 2.24) is 24.6 Å². The van der Waals surface area contributed by atoms with Crippen LogP contribution in [0.2, 0.25) is 5.02 Å². The third-order valence-electron chi connectivity index (χ3n) is 3.81. The van der Waals surface area contributed by atoms with Crippen molar-refractivity contribution in [2.45, 2.75) is 18.8 Å². The molecule has 0 radical (unpaired) electrons. The zero-order chi connectivity index (χ0) is 15.0. The Balaban J connectivity index is 1.78. The minimum Gasteiger partial charge on any atom is -0.345 e. The number of carbonyl (C=O) groups is 1. The first-order valence-corrected chi connectivity index (χ1v) is 7.18. The van der Waals surface area contributed by atoms with Crippen molar-refractivity contribution >= 4 is 17.5 Å². The fourth-order valence-electron chi connectivity index (χ4n) is 2.76.